The normalized spacial score (nSPS) is 21.8. The van der Waals surface area contributed by atoms with Gasteiger partial charge in [-0.15, -0.1) is 0 Å². The van der Waals surface area contributed by atoms with E-state index in [1.54, 1.807) is 29.9 Å². The summed E-state index contributed by atoms with van der Waals surface area (Å²) in [6.45, 7) is 1.92. The maximum absolute atomic E-state index is 13.6. The number of halogens is 2. The smallest absolute Gasteiger partial charge is 0.250 e. The second-order valence-electron chi connectivity index (χ2n) is 8.03. The van der Waals surface area contributed by atoms with Gasteiger partial charge < -0.3 is 14.8 Å². The number of aryl methyl sites for hydroxylation is 1. The Kier molecular flexibility index (Phi) is 6.00. The number of nitrogens with one attached hydrogen (secondary N) is 1. The van der Waals surface area contributed by atoms with E-state index in [-0.39, 0.29) is 29.3 Å². The summed E-state index contributed by atoms with van der Waals surface area (Å²) in [5, 5.41) is 4.38. The zero-order chi connectivity index (χ0) is 20.5. The number of nitrogens with zero attached hydrogens (tertiary/aromatic N) is 2. The van der Waals surface area contributed by atoms with Crippen LogP contribution in [0.2, 0.25) is 10.0 Å². The van der Waals surface area contributed by atoms with Crippen LogP contribution in [-0.2, 0) is 18.4 Å². The number of pyridine rings is 1. The van der Waals surface area contributed by atoms with E-state index in [0.29, 0.717) is 23.1 Å². The van der Waals surface area contributed by atoms with Crippen LogP contribution in [0, 0.1) is 5.92 Å². The molecule has 1 aliphatic carbocycles. The molecular weight excluding hydrogens is 409 g/mol. The fourth-order valence-electron chi connectivity index (χ4n) is 4.15. The molecular formula is C22H25Cl2N3O2. The van der Waals surface area contributed by atoms with E-state index in [1.807, 2.05) is 23.1 Å². The van der Waals surface area contributed by atoms with Crippen LogP contribution in [0.3, 0.4) is 0 Å². The number of aromatic nitrogens is 1. The van der Waals surface area contributed by atoms with E-state index < -0.39 is 0 Å². The molecule has 2 atom stereocenters. The molecule has 1 aliphatic heterocycles. The molecule has 5 nitrogen and oxygen atoms in total. The third-order valence-electron chi connectivity index (χ3n) is 6.00. The van der Waals surface area contributed by atoms with Crippen molar-refractivity contribution >= 4 is 29.1 Å². The van der Waals surface area contributed by atoms with Gasteiger partial charge in [0.2, 0.25) is 5.91 Å². The summed E-state index contributed by atoms with van der Waals surface area (Å²) in [6, 6.07) is 9.44. The Hall–Kier alpha value is -1.82. The minimum absolute atomic E-state index is 0.0359. The number of carbonyl (C=O) groups is 1. The van der Waals surface area contributed by atoms with Crippen LogP contribution in [0.4, 0.5) is 0 Å². The highest BCUT2D eigenvalue weighted by atomic mass is 35.5. The van der Waals surface area contributed by atoms with Gasteiger partial charge >= 0.3 is 0 Å². The minimum Gasteiger partial charge on any atom is -0.335 e. The maximum atomic E-state index is 13.6. The molecule has 1 N–H and O–H groups in total. The summed E-state index contributed by atoms with van der Waals surface area (Å²) in [7, 11) is 1.74. The predicted octanol–water partition coefficient (Wildman–Crippen LogP) is 3.58. The van der Waals surface area contributed by atoms with Gasteiger partial charge in [-0.25, -0.2) is 0 Å². The lowest BCUT2D eigenvalue weighted by molar-refractivity contribution is -0.138. The molecule has 0 spiro atoms. The molecule has 1 aromatic heterocycles. The zero-order valence-electron chi connectivity index (χ0n) is 16.4. The highest BCUT2D eigenvalue weighted by Gasteiger charge is 2.40. The summed E-state index contributed by atoms with van der Waals surface area (Å²) in [4.78, 5) is 27.8. The van der Waals surface area contributed by atoms with Crippen LogP contribution in [0.5, 0.6) is 0 Å². The minimum atomic E-state index is -0.200. The molecule has 1 saturated carbocycles. The first kappa shape index (κ1) is 20.5. The highest BCUT2D eigenvalue weighted by Crippen LogP contribution is 2.37. The molecule has 1 saturated heterocycles. The van der Waals surface area contributed by atoms with E-state index >= 15 is 0 Å². The van der Waals surface area contributed by atoms with Gasteiger partial charge in [0.05, 0.1) is 16.0 Å². The Morgan fingerprint density at radius 2 is 2.03 bits per heavy atom. The van der Waals surface area contributed by atoms with Crippen LogP contribution >= 0.6 is 23.2 Å². The second kappa shape index (κ2) is 8.50. The first-order valence-corrected chi connectivity index (χ1v) is 10.8. The summed E-state index contributed by atoms with van der Waals surface area (Å²) >= 11 is 12.6. The molecule has 154 valence electrons. The van der Waals surface area contributed by atoms with Crippen LogP contribution in [0.1, 0.15) is 36.3 Å². The van der Waals surface area contributed by atoms with Crippen molar-refractivity contribution in [3.05, 3.63) is 68.1 Å². The van der Waals surface area contributed by atoms with E-state index in [9.17, 15) is 9.59 Å². The quantitative estimate of drug-likeness (QED) is 0.783. The van der Waals surface area contributed by atoms with Crippen LogP contribution < -0.4 is 10.9 Å². The number of piperidine rings is 1. The molecule has 1 aromatic carbocycles. The Bertz CT molecular complexity index is 971. The molecule has 2 fully saturated rings. The van der Waals surface area contributed by atoms with Crippen molar-refractivity contribution in [2.75, 3.05) is 13.1 Å². The van der Waals surface area contributed by atoms with E-state index in [2.05, 4.69) is 5.32 Å². The molecule has 2 heterocycles. The van der Waals surface area contributed by atoms with Crippen molar-refractivity contribution in [2.24, 2.45) is 13.0 Å². The topological polar surface area (TPSA) is 54.3 Å². The number of amides is 1. The molecule has 2 aliphatic rings. The largest absolute Gasteiger partial charge is 0.335 e. The van der Waals surface area contributed by atoms with Crippen LogP contribution in [0.25, 0.3) is 0 Å². The van der Waals surface area contributed by atoms with Gasteiger partial charge in [-0.2, -0.15) is 0 Å². The van der Waals surface area contributed by atoms with Crippen molar-refractivity contribution in [1.29, 1.82) is 0 Å². The Labute approximate surface area is 180 Å². The maximum Gasteiger partial charge on any atom is 0.250 e. The molecule has 2 aromatic rings. The standard InChI is InChI=1S/C22H25Cl2N3O2/c1-26-10-8-14(11-20(26)28)17-7-9-25-12-18(17)22(29)27(16-5-6-16)13-15-3-2-4-19(23)21(15)24/h2-4,8,10-11,16-18,25H,5-7,9,12-13H2,1H3/t17-,18+/m0/s1. The Balaban J connectivity index is 1.61. The second-order valence-corrected chi connectivity index (χ2v) is 8.81. The van der Waals surface area contributed by atoms with Crippen molar-refractivity contribution in [3.63, 3.8) is 0 Å². The van der Waals surface area contributed by atoms with Gasteiger partial charge in [0.15, 0.2) is 0 Å². The van der Waals surface area contributed by atoms with Crippen LogP contribution in [0.15, 0.2) is 41.3 Å². The molecule has 0 unspecified atom stereocenters. The number of hydrogen-bond donors (Lipinski definition) is 1. The van der Waals surface area contributed by atoms with Crippen molar-refractivity contribution < 1.29 is 4.79 Å². The van der Waals surface area contributed by atoms with Crippen molar-refractivity contribution in [1.82, 2.24) is 14.8 Å². The fourth-order valence-corrected chi connectivity index (χ4v) is 4.53. The van der Waals surface area contributed by atoms with Crippen LogP contribution in [-0.4, -0.2) is 34.5 Å². The zero-order valence-corrected chi connectivity index (χ0v) is 17.9. The highest BCUT2D eigenvalue weighted by molar-refractivity contribution is 6.42. The van der Waals surface area contributed by atoms with Gasteiger partial charge in [0.25, 0.3) is 5.56 Å². The lowest BCUT2D eigenvalue weighted by atomic mass is 9.80. The molecule has 0 bridgehead atoms. The van der Waals surface area contributed by atoms with Gasteiger partial charge in [0.1, 0.15) is 0 Å². The molecule has 1 amide bonds. The van der Waals surface area contributed by atoms with Crippen molar-refractivity contribution in [2.45, 2.75) is 37.8 Å². The van der Waals surface area contributed by atoms with Gasteiger partial charge in [-0.3, -0.25) is 9.59 Å². The number of hydrogen-bond acceptors (Lipinski definition) is 3. The first-order valence-electron chi connectivity index (χ1n) is 10.1. The first-order chi connectivity index (χ1) is 14.0. The summed E-state index contributed by atoms with van der Waals surface area (Å²) < 4.78 is 1.55. The van der Waals surface area contributed by atoms with E-state index in [1.165, 1.54) is 0 Å². The summed E-state index contributed by atoms with van der Waals surface area (Å²) in [6.07, 6.45) is 4.65. The number of carbonyl (C=O) groups excluding carboxylic acids is 1. The third kappa shape index (κ3) is 4.37. The SMILES string of the molecule is Cn1ccc([C@@H]2CCNC[C@H]2C(=O)N(Cc2cccc(Cl)c2Cl)C2CC2)cc1=O. The summed E-state index contributed by atoms with van der Waals surface area (Å²) in [5.41, 5.74) is 1.77. The fraction of sp³-hybridized carbons (Fsp3) is 0.455. The molecule has 4 rings (SSSR count). The predicted molar refractivity (Wildman–Crippen MR) is 115 cm³/mol. The van der Waals surface area contributed by atoms with Gasteiger partial charge in [-0.05, 0) is 55.0 Å². The summed E-state index contributed by atoms with van der Waals surface area (Å²) in [5.74, 6) is -0.0374. The monoisotopic (exact) mass is 433 g/mol. The lowest BCUT2D eigenvalue weighted by Gasteiger charge is -2.36. The van der Waals surface area contributed by atoms with Gasteiger partial charge in [-0.1, -0.05) is 35.3 Å². The van der Waals surface area contributed by atoms with Crippen molar-refractivity contribution in [3.8, 4) is 0 Å². The number of benzene rings is 1. The molecule has 7 heteroatoms. The Morgan fingerprint density at radius 1 is 1.24 bits per heavy atom. The Morgan fingerprint density at radius 3 is 2.76 bits per heavy atom. The average molecular weight is 434 g/mol. The molecule has 0 radical (unpaired) electrons. The van der Waals surface area contributed by atoms with E-state index in [4.69, 9.17) is 23.2 Å². The van der Waals surface area contributed by atoms with Gasteiger partial charge in [0, 0.05) is 38.4 Å². The van der Waals surface area contributed by atoms with E-state index in [0.717, 1.165) is 36.9 Å². The third-order valence-corrected chi connectivity index (χ3v) is 6.86. The number of rotatable bonds is 5. The lowest BCUT2D eigenvalue weighted by Crippen LogP contribution is -2.47. The molecule has 29 heavy (non-hydrogen) atoms. The average Bonchev–Trinajstić information content (AvgIpc) is 3.56.